The van der Waals surface area contributed by atoms with Crippen LogP contribution in [-0.4, -0.2) is 59.1 Å². The van der Waals surface area contributed by atoms with Crippen molar-refractivity contribution in [3.05, 3.63) is 35.4 Å². The van der Waals surface area contributed by atoms with E-state index in [0.717, 1.165) is 38.5 Å². The van der Waals surface area contributed by atoms with E-state index in [4.69, 9.17) is 0 Å². The zero-order valence-electron chi connectivity index (χ0n) is 18.0. The molecule has 0 aromatic heterocycles. The van der Waals surface area contributed by atoms with Crippen molar-refractivity contribution in [1.29, 1.82) is 0 Å². The number of amides is 4. The highest BCUT2D eigenvalue weighted by Crippen LogP contribution is 2.27. The van der Waals surface area contributed by atoms with Gasteiger partial charge in [-0.05, 0) is 44.2 Å². The van der Waals surface area contributed by atoms with Gasteiger partial charge in [0.1, 0.15) is 0 Å². The van der Waals surface area contributed by atoms with Gasteiger partial charge in [-0.1, -0.05) is 31.4 Å². The quantitative estimate of drug-likeness (QED) is 0.710. The largest absolute Gasteiger partial charge is 0.353 e. The van der Waals surface area contributed by atoms with E-state index in [1.165, 1.54) is 11.3 Å². The number of nitrogens with zero attached hydrogens (tertiary/aromatic N) is 2. The number of imide groups is 1. The lowest BCUT2D eigenvalue weighted by molar-refractivity contribution is -0.137. The van der Waals surface area contributed by atoms with Crippen LogP contribution in [0.25, 0.3) is 0 Å². The van der Waals surface area contributed by atoms with E-state index >= 15 is 0 Å². The molecule has 4 amide bonds. The molecule has 2 aliphatic heterocycles. The van der Waals surface area contributed by atoms with E-state index in [0.29, 0.717) is 36.5 Å². The van der Waals surface area contributed by atoms with Crippen LogP contribution >= 0.6 is 0 Å². The molecule has 0 atom stereocenters. The zero-order chi connectivity index (χ0) is 21.8. The summed E-state index contributed by atoms with van der Waals surface area (Å²) in [5.41, 5.74) is 0.873. The summed E-state index contributed by atoms with van der Waals surface area (Å²) in [6.07, 6.45) is 7.86. The molecule has 1 saturated heterocycles. The highest BCUT2D eigenvalue weighted by molar-refractivity contribution is 6.21. The number of likely N-dealkylation sites (tertiary alicyclic amines) is 1. The summed E-state index contributed by atoms with van der Waals surface area (Å²) in [4.78, 5) is 53.0. The topological polar surface area (TPSA) is 86.8 Å². The predicted molar refractivity (Wildman–Crippen MR) is 115 cm³/mol. The standard InChI is InChI=1S/C24H31N3O4/c28-21(11-6-14-27-23(30)19-9-4-5-10-20(19)24(27)31)25-18-12-15-26(16-13-18)22(29)17-7-2-1-3-8-17/h4-5,9-10,17-18H,1-3,6-8,11-16H2,(H,25,28). The van der Waals surface area contributed by atoms with Crippen molar-refractivity contribution in [3.63, 3.8) is 0 Å². The molecular formula is C24H31N3O4. The Kier molecular flexibility index (Phi) is 6.68. The Hall–Kier alpha value is -2.70. The van der Waals surface area contributed by atoms with Crippen molar-refractivity contribution in [2.75, 3.05) is 19.6 Å². The first-order valence-electron chi connectivity index (χ1n) is 11.6. The number of fused-ring (bicyclic) bond motifs is 1. The van der Waals surface area contributed by atoms with Crippen LogP contribution in [0.3, 0.4) is 0 Å². The lowest BCUT2D eigenvalue weighted by Crippen LogP contribution is -2.48. The maximum atomic E-state index is 12.7. The number of rotatable bonds is 6. The maximum Gasteiger partial charge on any atom is 0.261 e. The SMILES string of the molecule is O=C(CCCN1C(=O)c2ccccc2C1=O)NC1CCN(C(=O)C2CCCCC2)CC1. The molecule has 2 heterocycles. The first kappa shape index (κ1) is 21.5. The van der Waals surface area contributed by atoms with Crippen molar-refractivity contribution in [1.82, 2.24) is 15.1 Å². The minimum Gasteiger partial charge on any atom is -0.353 e. The Morgan fingerprint density at radius 2 is 1.52 bits per heavy atom. The first-order valence-corrected chi connectivity index (χ1v) is 11.6. The monoisotopic (exact) mass is 425 g/mol. The summed E-state index contributed by atoms with van der Waals surface area (Å²) >= 11 is 0. The molecule has 31 heavy (non-hydrogen) atoms. The van der Waals surface area contributed by atoms with Crippen molar-refractivity contribution in [3.8, 4) is 0 Å². The normalized spacial score (nSPS) is 20.1. The van der Waals surface area contributed by atoms with Gasteiger partial charge in [-0.25, -0.2) is 0 Å². The molecule has 0 unspecified atom stereocenters. The van der Waals surface area contributed by atoms with E-state index in [9.17, 15) is 19.2 Å². The molecule has 1 aromatic carbocycles. The molecule has 1 saturated carbocycles. The van der Waals surface area contributed by atoms with E-state index in [1.54, 1.807) is 24.3 Å². The van der Waals surface area contributed by atoms with Crippen LogP contribution in [0.4, 0.5) is 0 Å². The third-order valence-electron chi connectivity index (χ3n) is 6.79. The smallest absolute Gasteiger partial charge is 0.261 e. The van der Waals surface area contributed by atoms with Crippen molar-refractivity contribution >= 4 is 23.6 Å². The Balaban J connectivity index is 1.16. The maximum absolute atomic E-state index is 12.7. The van der Waals surface area contributed by atoms with Gasteiger partial charge in [0.15, 0.2) is 0 Å². The fourth-order valence-electron chi connectivity index (χ4n) is 4.99. The molecule has 166 valence electrons. The molecule has 1 aliphatic carbocycles. The Bertz CT molecular complexity index is 819. The van der Waals surface area contributed by atoms with Crippen LogP contribution in [-0.2, 0) is 9.59 Å². The van der Waals surface area contributed by atoms with Gasteiger partial charge in [0, 0.05) is 38.0 Å². The van der Waals surface area contributed by atoms with Gasteiger partial charge in [0.05, 0.1) is 11.1 Å². The second-order valence-electron chi connectivity index (χ2n) is 8.91. The molecule has 1 N–H and O–H groups in total. The predicted octanol–water partition coefficient (Wildman–Crippen LogP) is 2.75. The number of hydrogen-bond acceptors (Lipinski definition) is 4. The van der Waals surface area contributed by atoms with E-state index < -0.39 is 0 Å². The van der Waals surface area contributed by atoms with E-state index in [2.05, 4.69) is 5.32 Å². The number of hydrogen-bond donors (Lipinski definition) is 1. The van der Waals surface area contributed by atoms with Gasteiger partial charge in [-0.15, -0.1) is 0 Å². The fraction of sp³-hybridized carbons (Fsp3) is 0.583. The minimum atomic E-state index is -0.281. The number of carbonyl (C=O) groups is 4. The average molecular weight is 426 g/mol. The molecule has 3 aliphatic rings. The highest BCUT2D eigenvalue weighted by Gasteiger charge is 2.34. The fourth-order valence-corrected chi connectivity index (χ4v) is 4.99. The highest BCUT2D eigenvalue weighted by atomic mass is 16.2. The molecule has 7 heteroatoms. The lowest BCUT2D eigenvalue weighted by Gasteiger charge is -2.35. The molecular weight excluding hydrogens is 394 g/mol. The van der Waals surface area contributed by atoms with E-state index in [1.807, 2.05) is 4.90 Å². The van der Waals surface area contributed by atoms with Crippen LogP contribution in [0.5, 0.6) is 0 Å². The van der Waals surface area contributed by atoms with Gasteiger partial charge in [-0.2, -0.15) is 0 Å². The number of piperidine rings is 1. The number of carbonyl (C=O) groups excluding carboxylic acids is 4. The van der Waals surface area contributed by atoms with Gasteiger partial charge < -0.3 is 10.2 Å². The molecule has 0 radical (unpaired) electrons. The van der Waals surface area contributed by atoms with Crippen LogP contribution < -0.4 is 5.32 Å². The Morgan fingerprint density at radius 1 is 0.903 bits per heavy atom. The molecule has 0 spiro atoms. The molecule has 1 aromatic rings. The van der Waals surface area contributed by atoms with Crippen molar-refractivity contribution < 1.29 is 19.2 Å². The second kappa shape index (κ2) is 9.62. The van der Waals surface area contributed by atoms with Crippen LogP contribution in [0.1, 0.15) is 78.5 Å². The van der Waals surface area contributed by atoms with Gasteiger partial charge in [-0.3, -0.25) is 24.1 Å². The number of nitrogens with one attached hydrogen (secondary N) is 1. The van der Waals surface area contributed by atoms with Gasteiger partial charge in [0.25, 0.3) is 11.8 Å². The summed E-state index contributed by atoms with van der Waals surface area (Å²) < 4.78 is 0. The third kappa shape index (κ3) is 4.81. The summed E-state index contributed by atoms with van der Waals surface area (Å²) in [5, 5.41) is 3.06. The second-order valence-corrected chi connectivity index (χ2v) is 8.91. The summed E-state index contributed by atoms with van der Waals surface area (Å²) in [6, 6.07) is 6.90. The van der Waals surface area contributed by atoms with E-state index in [-0.39, 0.29) is 42.6 Å². The van der Waals surface area contributed by atoms with Crippen LogP contribution in [0, 0.1) is 5.92 Å². The first-order chi connectivity index (χ1) is 15.0. The molecule has 7 nitrogen and oxygen atoms in total. The average Bonchev–Trinajstić information content (AvgIpc) is 3.05. The molecule has 2 fully saturated rings. The summed E-state index contributed by atoms with van der Waals surface area (Å²) in [7, 11) is 0. The third-order valence-corrected chi connectivity index (χ3v) is 6.79. The summed E-state index contributed by atoms with van der Waals surface area (Å²) in [5.74, 6) is -0.131. The van der Waals surface area contributed by atoms with Crippen molar-refractivity contribution in [2.45, 2.75) is 63.8 Å². The Morgan fingerprint density at radius 3 is 2.13 bits per heavy atom. The van der Waals surface area contributed by atoms with Gasteiger partial charge in [0.2, 0.25) is 11.8 Å². The zero-order valence-corrected chi connectivity index (χ0v) is 18.0. The van der Waals surface area contributed by atoms with Crippen LogP contribution in [0.15, 0.2) is 24.3 Å². The Labute approximate surface area is 183 Å². The minimum absolute atomic E-state index is 0.0614. The van der Waals surface area contributed by atoms with Crippen LogP contribution in [0.2, 0.25) is 0 Å². The molecule has 4 rings (SSSR count). The lowest BCUT2D eigenvalue weighted by atomic mass is 9.87. The number of benzene rings is 1. The van der Waals surface area contributed by atoms with Gasteiger partial charge >= 0.3 is 0 Å². The molecule has 0 bridgehead atoms. The summed E-state index contributed by atoms with van der Waals surface area (Å²) in [6.45, 7) is 1.65. The van der Waals surface area contributed by atoms with Crippen molar-refractivity contribution in [2.24, 2.45) is 5.92 Å².